The largest absolute Gasteiger partial charge is 0.457 e. The van der Waals surface area contributed by atoms with E-state index in [4.69, 9.17) is 44.0 Å². The van der Waals surface area contributed by atoms with Gasteiger partial charge in [0.1, 0.15) is 23.0 Å². The van der Waals surface area contributed by atoms with Gasteiger partial charge in [-0.05, 0) is 36.4 Å². The van der Waals surface area contributed by atoms with E-state index < -0.39 is 5.92 Å². The number of carbonyl (C=O) groups is 1. The summed E-state index contributed by atoms with van der Waals surface area (Å²) >= 11 is 18.3. The van der Waals surface area contributed by atoms with Gasteiger partial charge in [0, 0.05) is 16.7 Å². The van der Waals surface area contributed by atoms with Crippen molar-refractivity contribution in [2.45, 2.75) is 5.92 Å². The van der Waals surface area contributed by atoms with Crippen molar-refractivity contribution in [3.05, 3.63) is 105 Å². The fourth-order valence-electron chi connectivity index (χ4n) is 3.69. The van der Waals surface area contributed by atoms with Crippen LogP contribution in [0, 0.1) is 0 Å². The lowest BCUT2D eigenvalue weighted by atomic mass is 9.87. The molecule has 1 aliphatic rings. The maximum absolute atomic E-state index is 13.1. The summed E-state index contributed by atoms with van der Waals surface area (Å²) in [4.78, 5) is 13.1. The van der Waals surface area contributed by atoms with Crippen molar-refractivity contribution < 1.29 is 13.9 Å². The number of hydrogen-bond donors (Lipinski definition) is 1. The van der Waals surface area contributed by atoms with Crippen LogP contribution in [-0.2, 0) is 4.79 Å². The number of hydrogen-bond acceptors (Lipinski definition) is 4. The minimum absolute atomic E-state index is 0.284. The first-order valence-electron chi connectivity index (χ1n) is 9.94. The van der Waals surface area contributed by atoms with E-state index in [-0.39, 0.29) is 5.91 Å². The zero-order valence-corrected chi connectivity index (χ0v) is 19.2. The number of benzene rings is 3. The molecule has 1 amide bonds. The first-order valence-corrected chi connectivity index (χ1v) is 11.1. The summed E-state index contributed by atoms with van der Waals surface area (Å²) < 4.78 is 11.7. The highest BCUT2D eigenvalue weighted by molar-refractivity contribution is 6.44. The van der Waals surface area contributed by atoms with E-state index in [0.29, 0.717) is 43.7 Å². The number of amides is 1. The van der Waals surface area contributed by atoms with E-state index in [1.165, 1.54) is 6.21 Å². The minimum atomic E-state index is -0.550. The van der Waals surface area contributed by atoms with Crippen LogP contribution in [0.4, 0.5) is 0 Å². The van der Waals surface area contributed by atoms with Crippen molar-refractivity contribution in [1.82, 2.24) is 5.43 Å². The molecule has 1 aliphatic heterocycles. The summed E-state index contributed by atoms with van der Waals surface area (Å²) in [5.41, 5.74) is 4.76. The van der Waals surface area contributed by atoms with Gasteiger partial charge in [-0.2, -0.15) is 5.10 Å². The zero-order valence-electron chi connectivity index (χ0n) is 16.9. The third kappa shape index (κ3) is 4.23. The molecule has 1 aromatic heterocycles. The van der Waals surface area contributed by atoms with Crippen LogP contribution in [-0.4, -0.2) is 12.1 Å². The maximum Gasteiger partial charge on any atom is 0.252 e. The molecule has 4 aromatic rings. The summed E-state index contributed by atoms with van der Waals surface area (Å²) in [6, 6.07) is 21.6. The molecule has 0 atom stereocenters. The van der Waals surface area contributed by atoms with Crippen molar-refractivity contribution in [3.8, 4) is 22.8 Å². The van der Waals surface area contributed by atoms with Gasteiger partial charge in [-0.25, -0.2) is 5.43 Å². The van der Waals surface area contributed by atoms with Crippen LogP contribution in [0.1, 0.15) is 22.8 Å². The molecule has 2 heterocycles. The molecule has 3 aromatic carbocycles. The normalized spacial score (nSPS) is 12.8. The molecule has 33 heavy (non-hydrogen) atoms. The number of ether oxygens (including phenoxy) is 1. The van der Waals surface area contributed by atoms with Crippen molar-refractivity contribution in [1.29, 1.82) is 0 Å². The third-order valence-electron chi connectivity index (χ3n) is 5.21. The molecule has 164 valence electrons. The topological polar surface area (TPSA) is 63.8 Å². The summed E-state index contributed by atoms with van der Waals surface area (Å²) in [5.74, 6) is 1.39. The zero-order chi connectivity index (χ0) is 22.9. The molecule has 0 spiro atoms. The average Bonchev–Trinajstić information content (AvgIpc) is 3.28. The van der Waals surface area contributed by atoms with Gasteiger partial charge in [0.2, 0.25) is 0 Å². The monoisotopic (exact) mass is 496 g/mol. The van der Waals surface area contributed by atoms with E-state index in [9.17, 15) is 4.79 Å². The molecular formula is C25H15Cl3N2O3. The predicted octanol–water partition coefficient (Wildman–Crippen LogP) is 7.29. The maximum atomic E-state index is 13.1. The van der Waals surface area contributed by atoms with E-state index in [1.54, 1.807) is 24.3 Å². The van der Waals surface area contributed by atoms with Gasteiger partial charge in [-0.1, -0.05) is 71.2 Å². The highest BCUT2D eigenvalue weighted by Crippen LogP contribution is 2.44. The van der Waals surface area contributed by atoms with Gasteiger partial charge in [0.15, 0.2) is 0 Å². The van der Waals surface area contributed by atoms with Gasteiger partial charge in [0.25, 0.3) is 5.91 Å². The Morgan fingerprint density at radius 1 is 0.848 bits per heavy atom. The van der Waals surface area contributed by atoms with Crippen LogP contribution in [0.25, 0.3) is 11.3 Å². The number of furan rings is 1. The van der Waals surface area contributed by atoms with Crippen molar-refractivity contribution in [2.24, 2.45) is 5.10 Å². The summed E-state index contributed by atoms with van der Waals surface area (Å²) in [6.07, 6.45) is 1.42. The lowest BCUT2D eigenvalue weighted by Gasteiger charge is -2.26. The quantitative estimate of drug-likeness (QED) is 0.183. The van der Waals surface area contributed by atoms with Gasteiger partial charge in [0.05, 0.1) is 27.2 Å². The molecule has 0 saturated carbocycles. The molecule has 0 radical (unpaired) electrons. The second-order valence-corrected chi connectivity index (χ2v) is 8.51. The molecule has 0 aliphatic carbocycles. The lowest BCUT2D eigenvalue weighted by molar-refractivity contribution is -0.121. The Balaban J connectivity index is 1.36. The third-order valence-corrected chi connectivity index (χ3v) is 6.25. The van der Waals surface area contributed by atoms with Crippen molar-refractivity contribution in [3.63, 3.8) is 0 Å². The van der Waals surface area contributed by atoms with Gasteiger partial charge < -0.3 is 9.15 Å². The summed E-state index contributed by atoms with van der Waals surface area (Å²) in [5, 5.41) is 5.22. The Morgan fingerprint density at radius 3 is 2.18 bits per heavy atom. The molecule has 5 rings (SSSR count). The Morgan fingerprint density at radius 2 is 1.48 bits per heavy atom. The minimum Gasteiger partial charge on any atom is -0.457 e. The fourth-order valence-corrected chi connectivity index (χ4v) is 4.33. The van der Waals surface area contributed by atoms with Gasteiger partial charge >= 0.3 is 0 Å². The summed E-state index contributed by atoms with van der Waals surface area (Å²) in [7, 11) is 0. The van der Waals surface area contributed by atoms with Gasteiger partial charge in [-0.15, -0.1) is 0 Å². The van der Waals surface area contributed by atoms with Crippen LogP contribution < -0.4 is 10.2 Å². The number of para-hydroxylation sites is 2. The number of hydrazone groups is 1. The average molecular weight is 498 g/mol. The second kappa shape index (κ2) is 8.94. The Kier molecular flexibility index (Phi) is 5.85. The number of rotatable bonds is 4. The van der Waals surface area contributed by atoms with Gasteiger partial charge in [-0.3, -0.25) is 4.79 Å². The number of fused-ring (bicyclic) bond motifs is 2. The van der Waals surface area contributed by atoms with E-state index in [0.717, 1.165) is 11.1 Å². The van der Waals surface area contributed by atoms with E-state index in [1.807, 2.05) is 48.5 Å². The molecule has 0 saturated heterocycles. The number of carbonyl (C=O) groups excluding carboxylic acids is 1. The van der Waals surface area contributed by atoms with Crippen LogP contribution in [0.15, 0.2) is 82.3 Å². The molecule has 8 heteroatoms. The molecule has 0 unspecified atom stereocenters. The summed E-state index contributed by atoms with van der Waals surface area (Å²) in [6.45, 7) is 0. The first kappa shape index (κ1) is 21.6. The molecule has 0 fully saturated rings. The molecular weight excluding hydrogens is 483 g/mol. The SMILES string of the molecule is O=C(NN=Cc1ccc(-c2cc(Cl)c(Cl)cc2Cl)o1)C1c2ccccc2Oc2ccccc21. The highest BCUT2D eigenvalue weighted by Gasteiger charge is 2.32. The highest BCUT2D eigenvalue weighted by atomic mass is 35.5. The van der Waals surface area contributed by atoms with E-state index in [2.05, 4.69) is 10.5 Å². The van der Waals surface area contributed by atoms with Crippen LogP contribution in [0.3, 0.4) is 0 Å². The Hall–Kier alpha value is -3.25. The first-order chi connectivity index (χ1) is 16.0. The number of nitrogens with zero attached hydrogens (tertiary/aromatic N) is 1. The van der Waals surface area contributed by atoms with Crippen LogP contribution in [0.2, 0.25) is 15.1 Å². The Bertz CT molecular complexity index is 1350. The number of halogens is 3. The number of nitrogens with one attached hydrogen (secondary N) is 1. The lowest BCUT2D eigenvalue weighted by Crippen LogP contribution is -2.28. The smallest absolute Gasteiger partial charge is 0.252 e. The van der Waals surface area contributed by atoms with Crippen LogP contribution in [0.5, 0.6) is 11.5 Å². The molecule has 1 N–H and O–H groups in total. The molecule has 5 nitrogen and oxygen atoms in total. The Labute approximate surface area is 204 Å². The van der Waals surface area contributed by atoms with Crippen LogP contribution >= 0.6 is 34.8 Å². The standard InChI is InChI=1S/C25H15Cl3N2O3/c26-18-12-20(28)19(27)11-17(18)23-10-9-14(32-23)13-29-30-25(31)24-15-5-1-3-7-21(15)33-22-8-4-2-6-16(22)24/h1-13,24H,(H,30,31). The fraction of sp³-hybridized carbons (Fsp3) is 0.0400. The van der Waals surface area contributed by atoms with Crippen molar-refractivity contribution in [2.75, 3.05) is 0 Å². The molecule has 0 bridgehead atoms. The van der Waals surface area contributed by atoms with Crippen molar-refractivity contribution >= 4 is 46.9 Å². The predicted molar refractivity (Wildman–Crippen MR) is 130 cm³/mol. The van der Waals surface area contributed by atoms with E-state index >= 15 is 0 Å². The second-order valence-electron chi connectivity index (χ2n) is 7.29.